The van der Waals surface area contributed by atoms with Crippen LogP contribution in [0.5, 0.6) is 0 Å². The summed E-state index contributed by atoms with van der Waals surface area (Å²) in [6.07, 6.45) is 3.93. The SMILES string of the molecule is O=C[C@H]1NCSC1C(=O)[C@@H]1CCCN1C(=O)C1Cc2ccccc2C1. The Labute approximate surface area is 151 Å². The highest BCUT2D eigenvalue weighted by molar-refractivity contribution is 8.00. The van der Waals surface area contributed by atoms with Crippen LogP contribution < -0.4 is 5.32 Å². The largest absolute Gasteiger partial charge is 0.332 e. The molecule has 1 aliphatic carbocycles. The Hall–Kier alpha value is -1.66. The van der Waals surface area contributed by atoms with Gasteiger partial charge in [-0.15, -0.1) is 11.8 Å². The zero-order valence-electron chi connectivity index (χ0n) is 14.0. The number of hydrogen-bond donors (Lipinski definition) is 1. The molecule has 1 aromatic carbocycles. The summed E-state index contributed by atoms with van der Waals surface area (Å²) in [5.41, 5.74) is 2.50. The summed E-state index contributed by atoms with van der Waals surface area (Å²) in [5.74, 6) is 0.694. The van der Waals surface area contributed by atoms with Crippen molar-refractivity contribution in [2.75, 3.05) is 12.4 Å². The maximum Gasteiger partial charge on any atom is 0.226 e. The number of aldehydes is 1. The van der Waals surface area contributed by atoms with Gasteiger partial charge in [-0.1, -0.05) is 24.3 Å². The van der Waals surface area contributed by atoms with Crippen molar-refractivity contribution in [3.63, 3.8) is 0 Å². The molecule has 0 saturated carbocycles. The number of nitrogens with one attached hydrogen (secondary N) is 1. The van der Waals surface area contributed by atoms with Crippen LogP contribution in [-0.2, 0) is 27.2 Å². The van der Waals surface area contributed by atoms with Gasteiger partial charge in [-0.05, 0) is 36.8 Å². The molecule has 1 N–H and O–H groups in total. The molecular weight excluding hydrogens is 336 g/mol. The first-order valence-electron chi connectivity index (χ1n) is 8.90. The van der Waals surface area contributed by atoms with E-state index in [-0.39, 0.29) is 28.9 Å². The molecule has 3 atom stereocenters. The summed E-state index contributed by atoms with van der Waals surface area (Å²) >= 11 is 1.48. The molecule has 4 rings (SSSR count). The highest BCUT2D eigenvalue weighted by atomic mass is 32.2. The van der Waals surface area contributed by atoms with Gasteiger partial charge < -0.3 is 9.69 Å². The van der Waals surface area contributed by atoms with Crippen molar-refractivity contribution in [3.8, 4) is 0 Å². The lowest BCUT2D eigenvalue weighted by atomic mass is 10.00. The fraction of sp³-hybridized carbons (Fsp3) is 0.526. The molecule has 0 bridgehead atoms. The average Bonchev–Trinajstić information content (AvgIpc) is 3.38. The lowest BCUT2D eigenvalue weighted by molar-refractivity contribution is -0.140. The maximum absolute atomic E-state index is 13.1. The molecular formula is C19H22N2O3S. The van der Waals surface area contributed by atoms with Gasteiger partial charge in [0.1, 0.15) is 6.29 Å². The Kier molecular flexibility index (Phi) is 4.65. The number of Topliss-reactive ketones (excluding diaryl/α,β-unsaturated/α-hetero) is 1. The molecule has 1 amide bonds. The first-order valence-corrected chi connectivity index (χ1v) is 9.95. The highest BCUT2D eigenvalue weighted by Crippen LogP contribution is 2.32. The predicted octanol–water partition coefficient (Wildman–Crippen LogP) is 1.19. The van der Waals surface area contributed by atoms with E-state index in [0.29, 0.717) is 18.8 Å². The molecule has 0 spiro atoms. The number of ketones is 1. The van der Waals surface area contributed by atoms with E-state index in [9.17, 15) is 14.4 Å². The second-order valence-electron chi connectivity index (χ2n) is 7.06. The van der Waals surface area contributed by atoms with Crippen molar-refractivity contribution in [2.45, 2.75) is 43.0 Å². The third-order valence-electron chi connectivity index (χ3n) is 5.60. The van der Waals surface area contributed by atoms with Crippen LogP contribution in [0.2, 0.25) is 0 Å². The van der Waals surface area contributed by atoms with E-state index in [4.69, 9.17) is 0 Å². The van der Waals surface area contributed by atoms with E-state index in [1.54, 1.807) is 4.90 Å². The van der Waals surface area contributed by atoms with Crippen LogP contribution in [0.25, 0.3) is 0 Å². The minimum absolute atomic E-state index is 0.0356. The van der Waals surface area contributed by atoms with Crippen molar-refractivity contribution < 1.29 is 14.4 Å². The number of fused-ring (bicyclic) bond motifs is 1. The van der Waals surface area contributed by atoms with Gasteiger partial charge in [-0.3, -0.25) is 14.9 Å². The third-order valence-corrected chi connectivity index (χ3v) is 6.82. The second kappa shape index (κ2) is 6.92. The normalized spacial score (nSPS) is 29.0. The summed E-state index contributed by atoms with van der Waals surface area (Å²) in [6, 6.07) is 7.41. The number of nitrogens with zero attached hydrogens (tertiary/aromatic N) is 1. The van der Waals surface area contributed by atoms with Crippen LogP contribution in [-0.4, -0.2) is 52.6 Å². The summed E-state index contributed by atoms with van der Waals surface area (Å²) < 4.78 is 0. The molecule has 0 radical (unpaired) electrons. The van der Waals surface area contributed by atoms with Gasteiger partial charge >= 0.3 is 0 Å². The molecule has 6 heteroatoms. The van der Waals surface area contributed by atoms with Gasteiger partial charge in [0.2, 0.25) is 5.91 Å². The zero-order chi connectivity index (χ0) is 17.4. The van der Waals surface area contributed by atoms with Gasteiger partial charge in [-0.2, -0.15) is 0 Å². The Morgan fingerprint density at radius 1 is 1.20 bits per heavy atom. The van der Waals surface area contributed by atoms with Crippen molar-refractivity contribution in [1.29, 1.82) is 0 Å². The highest BCUT2D eigenvalue weighted by Gasteiger charge is 2.44. The molecule has 1 unspecified atom stereocenters. The number of hydrogen-bond acceptors (Lipinski definition) is 5. The van der Waals surface area contributed by atoms with Crippen molar-refractivity contribution in [1.82, 2.24) is 10.2 Å². The zero-order valence-corrected chi connectivity index (χ0v) is 14.8. The minimum atomic E-state index is -0.425. The molecule has 5 nitrogen and oxygen atoms in total. The number of amides is 1. The van der Waals surface area contributed by atoms with E-state index in [2.05, 4.69) is 17.4 Å². The fourth-order valence-corrected chi connectivity index (χ4v) is 5.46. The van der Waals surface area contributed by atoms with E-state index in [1.165, 1.54) is 22.9 Å². The molecule has 132 valence electrons. The van der Waals surface area contributed by atoms with E-state index < -0.39 is 6.04 Å². The predicted molar refractivity (Wildman–Crippen MR) is 96.3 cm³/mol. The van der Waals surface area contributed by atoms with Crippen molar-refractivity contribution in [3.05, 3.63) is 35.4 Å². The third kappa shape index (κ3) is 3.02. The summed E-state index contributed by atoms with van der Waals surface area (Å²) in [6.45, 7) is 0.651. The molecule has 1 aromatic rings. The lowest BCUT2D eigenvalue weighted by Crippen LogP contribution is -2.49. The smallest absolute Gasteiger partial charge is 0.226 e. The maximum atomic E-state index is 13.1. The van der Waals surface area contributed by atoms with E-state index >= 15 is 0 Å². The van der Waals surface area contributed by atoms with E-state index in [1.807, 2.05) is 12.1 Å². The summed E-state index contributed by atoms with van der Waals surface area (Å²) in [4.78, 5) is 39.0. The van der Waals surface area contributed by atoms with Crippen LogP contribution in [0, 0.1) is 5.92 Å². The van der Waals surface area contributed by atoms with Crippen molar-refractivity contribution in [2.24, 2.45) is 5.92 Å². The van der Waals surface area contributed by atoms with Crippen LogP contribution in [0.15, 0.2) is 24.3 Å². The molecule has 25 heavy (non-hydrogen) atoms. The van der Waals surface area contributed by atoms with Gasteiger partial charge in [0.25, 0.3) is 0 Å². The quantitative estimate of drug-likeness (QED) is 0.819. The fourth-order valence-electron chi connectivity index (χ4n) is 4.31. The van der Waals surface area contributed by atoms with Gasteiger partial charge in [0, 0.05) is 18.3 Å². The lowest BCUT2D eigenvalue weighted by Gasteiger charge is -2.28. The first kappa shape index (κ1) is 16.8. The monoisotopic (exact) mass is 358 g/mol. The molecule has 0 aromatic heterocycles. The minimum Gasteiger partial charge on any atom is -0.332 e. The van der Waals surface area contributed by atoms with Crippen LogP contribution >= 0.6 is 11.8 Å². The van der Waals surface area contributed by atoms with Crippen LogP contribution in [0.3, 0.4) is 0 Å². The molecule has 3 aliphatic rings. The van der Waals surface area contributed by atoms with E-state index in [0.717, 1.165) is 25.5 Å². The Bertz CT molecular complexity index is 683. The number of carbonyl (C=O) groups is 3. The standard InChI is InChI=1S/C19H22N2O3S/c22-10-15-18(25-11-20-15)17(23)16-6-3-7-21(16)19(24)14-8-12-4-1-2-5-13(12)9-14/h1-2,4-5,10,14-16,18,20H,3,6-9,11H2/t15-,16+,18?/m1/s1. The van der Waals surface area contributed by atoms with Crippen LogP contribution in [0.4, 0.5) is 0 Å². The number of rotatable bonds is 4. The number of likely N-dealkylation sites (tertiary alicyclic amines) is 1. The Balaban J connectivity index is 1.47. The van der Waals surface area contributed by atoms with Crippen molar-refractivity contribution >= 4 is 29.7 Å². The number of thioether (sulfide) groups is 1. The number of carbonyl (C=O) groups excluding carboxylic acids is 3. The van der Waals surface area contributed by atoms with Gasteiger partial charge in [0.05, 0.1) is 17.3 Å². The Morgan fingerprint density at radius 3 is 2.60 bits per heavy atom. The second-order valence-corrected chi connectivity index (χ2v) is 8.19. The van der Waals surface area contributed by atoms with Gasteiger partial charge in [0.15, 0.2) is 5.78 Å². The topological polar surface area (TPSA) is 66.5 Å². The summed E-state index contributed by atoms with van der Waals surface area (Å²) in [7, 11) is 0. The van der Waals surface area contributed by atoms with Gasteiger partial charge in [-0.25, -0.2) is 0 Å². The van der Waals surface area contributed by atoms with Crippen LogP contribution in [0.1, 0.15) is 24.0 Å². The molecule has 2 saturated heterocycles. The average molecular weight is 358 g/mol. The molecule has 2 heterocycles. The molecule has 2 fully saturated rings. The summed E-state index contributed by atoms with van der Waals surface area (Å²) in [5, 5.41) is 2.68. The Morgan fingerprint density at radius 2 is 1.92 bits per heavy atom. The molecule has 2 aliphatic heterocycles. The number of benzene rings is 1. The first-order chi connectivity index (χ1) is 12.2.